The maximum Gasteiger partial charge on any atom is 0.257 e. The van der Waals surface area contributed by atoms with Crippen LogP contribution in [0.5, 0.6) is 0 Å². The van der Waals surface area contributed by atoms with Gasteiger partial charge in [-0.05, 0) is 54.7 Å². The van der Waals surface area contributed by atoms with Gasteiger partial charge in [0.2, 0.25) is 0 Å². The van der Waals surface area contributed by atoms with E-state index >= 15 is 0 Å². The van der Waals surface area contributed by atoms with Crippen LogP contribution in [0.1, 0.15) is 10.4 Å². The largest absolute Gasteiger partial charge is 0.332 e. The number of halogens is 3. The molecule has 0 unspecified atom stereocenters. The first-order chi connectivity index (χ1) is 9.95. The summed E-state index contributed by atoms with van der Waals surface area (Å²) in [6.07, 6.45) is 0. The summed E-state index contributed by atoms with van der Waals surface area (Å²) in [5.41, 5.74) is 0.698. The Morgan fingerprint density at radius 1 is 1.10 bits per heavy atom. The van der Waals surface area contributed by atoms with E-state index in [1.165, 1.54) is 42.5 Å². The van der Waals surface area contributed by atoms with Gasteiger partial charge >= 0.3 is 0 Å². The van der Waals surface area contributed by atoms with Crippen molar-refractivity contribution in [2.75, 3.05) is 5.32 Å². The first-order valence-electron chi connectivity index (χ1n) is 5.78. The number of anilines is 1. The number of hydrogen-bond acceptors (Lipinski definition) is 2. The lowest BCUT2D eigenvalue weighted by atomic mass is 10.2. The van der Waals surface area contributed by atoms with Crippen molar-refractivity contribution in [2.45, 2.75) is 0 Å². The zero-order valence-electron chi connectivity index (χ0n) is 10.5. The van der Waals surface area contributed by atoms with Gasteiger partial charge in [-0.3, -0.25) is 10.1 Å². The second-order valence-electron chi connectivity index (χ2n) is 4.04. The predicted octanol–water partition coefficient (Wildman–Crippen LogP) is 3.75. The molecule has 0 spiro atoms. The second kappa shape index (κ2) is 6.60. The molecule has 108 valence electrons. The van der Waals surface area contributed by atoms with E-state index in [1.807, 2.05) is 0 Å². The summed E-state index contributed by atoms with van der Waals surface area (Å²) < 4.78 is 25.8. The molecule has 2 aromatic rings. The highest BCUT2D eigenvalue weighted by Crippen LogP contribution is 2.19. The van der Waals surface area contributed by atoms with Gasteiger partial charge in [-0.2, -0.15) is 0 Å². The molecule has 21 heavy (non-hydrogen) atoms. The smallest absolute Gasteiger partial charge is 0.257 e. The van der Waals surface area contributed by atoms with Gasteiger partial charge in [0, 0.05) is 11.3 Å². The fourth-order valence-corrected chi connectivity index (χ4v) is 1.90. The Morgan fingerprint density at radius 2 is 1.76 bits per heavy atom. The van der Waals surface area contributed by atoms with E-state index in [9.17, 15) is 13.6 Å². The summed E-state index contributed by atoms with van der Waals surface area (Å²) in [5.74, 6) is -1.47. The topological polar surface area (TPSA) is 41.1 Å². The van der Waals surface area contributed by atoms with Crippen LogP contribution in [0.3, 0.4) is 0 Å². The fourth-order valence-electron chi connectivity index (χ4n) is 1.51. The molecule has 0 bridgehead atoms. The molecule has 0 aliphatic carbocycles. The van der Waals surface area contributed by atoms with Crippen LogP contribution in [-0.2, 0) is 0 Å². The van der Waals surface area contributed by atoms with Gasteiger partial charge in [0.15, 0.2) is 5.11 Å². The van der Waals surface area contributed by atoms with Crippen LogP contribution < -0.4 is 10.6 Å². The molecule has 7 heteroatoms. The highest BCUT2D eigenvalue weighted by atomic mass is 35.5. The normalized spacial score (nSPS) is 10.0. The molecular formula is C14H9ClF2N2OS. The molecule has 0 radical (unpaired) electrons. The SMILES string of the molecule is O=C(NC(=S)Nc1ccc(F)c(Cl)c1)c1ccc(F)cc1. The molecule has 0 aliphatic rings. The van der Waals surface area contributed by atoms with E-state index < -0.39 is 17.5 Å². The van der Waals surface area contributed by atoms with E-state index in [2.05, 4.69) is 10.6 Å². The minimum absolute atomic E-state index is 0.0204. The van der Waals surface area contributed by atoms with Crippen molar-refractivity contribution in [1.29, 1.82) is 0 Å². The third-order valence-corrected chi connectivity index (χ3v) is 3.00. The number of carbonyl (C=O) groups excluding carboxylic acids is 1. The van der Waals surface area contributed by atoms with Crippen molar-refractivity contribution in [3.63, 3.8) is 0 Å². The Bertz CT molecular complexity index is 692. The summed E-state index contributed by atoms with van der Waals surface area (Å²) in [7, 11) is 0. The standard InChI is InChI=1S/C14H9ClF2N2OS/c15-11-7-10(5-6-12(11)17)18-14(21)19-13(20)8-1-3-9(16)4-2-8/h1-7H,(H2,18,19,20,21). The van der Waals surface area contributed by atoms with Crippen LogP contribution in [0.25, 0.3) is 0 Å². The predicted molar refractivity (Wildman–Crippen MR) is 81.5 cm³/mol. The molecule has 0 atom stereocenters. The van der Waals surface area contributed by atoms with Gasteiger partial charge in [0.25, 0.3) is 5.91 Å². The number of thiocarbonyl (C=S) groups is 1. The van der Waals surface area contributed by atoms with E-state index in [-0.39, 0.29) is 15.7 Å². The summed E-state index contributed by atoms with van der Waals surface area (Å²) in [6, 6.07) is 8.96. The van der Waals surface area contributed by atoms with Crippen LogP contribution >= 0.6 is 23.8 Å². The van der Waals surface area contributed by atoms with Gasteiger partial charge in [0.05, 0.1) is 5.02 Å². The Hall–Kier alpha value is -2.05. The molecule has 3 nitrogen and oxygen atoms in total. The number of amides is 1. The molecule has 0 saturated heterocycles. The van der Waals surface area contributed by atoms with Crippen LogP contribution in [0.2, 0.25) is 5.02 Å². The molecule has 1 amide bonds. The molecular weight excluding hydrogens is 318 g/mol. The lowest BCUT2D eigenvalue weighted by Crippen LogP contribution is -2.34. The molecule has 2 N–H and O–H groups in total. The molecule has 2 aromatic carbocycles. The highest BCUT2D eigenvalue weighted by Gasteiger charge is 2.08. The minimum Gasteiger partial charge on any atom is -0.332 e. The summed E-state index contributed by atoms with van der Waals surface area (Å²) in [4.78, 5) is 11.8. The Labute approximate surface area is 129 Å². The quantitative estimate of drug-likeness (QED) is 0.826. The van der Waals surface area contributed by atoms with Crippen LogP contribution in [0, 0.1) is 11.6 Å². The Kier molecular flexibility index (Phi) is 4.82. The third kappa shape index (κ3) is 4.21. The van der Waals surface area contributed by atoms with E-state index in [1.54, 1.807) is 0 Å². The van der Waals surface area contributed by atoms with Gasteiger partial charge in [-0.15, -0.1) is 0 Å². The van der Waals surface area contributed by atoms with Gasteiger partial charge in [0.1, 0.15) is 11.6 Å². The fraction of sp³-hybridized carbons (Fsp3) is 0. The van der Waals surface area contributed by atoms with Crippen molar-refractivity contribution < 1.29 is 13.6 Å². The average Bonchev–Trinajstić information content (AvgIpc) is 2.43. The number of hydrogen-bond donors (Lipinski definition) is 2. The van der Waals surface area contributed by atoms with E-state index in [0.717, 1.165) is 0 Å². The van der Waals surface area contributed by atoms with Crippen molar-refractivity contribution in [2.24, 2.45) is 0 Å². The first kappa shape index (κ1) is 15.3. The second-order valence-corrected chi connectivity index (χ2v) is 4.86. The van der Waals surface area contributed by atoms with Gasteiger partial charge in [-0.25, -0.2) is 8.78 Å². The lowest BCUT2D eigenvalue weighted by molar-refractivity contribution is 0.0977. The van der Waals surface area contributed by atoms with Crippen LogP contribution in [0.4, 0.5) is 14.5 Å². The number of rotatable bonds is 2. The zero-order valence-corrected chi connectivity index (χ0v) is 12.1. The number of benzene rings is 2. The van der Waals surface area contributed by atoms with Gasteiger partial charge < -0.3 is 5.32 Å². The summed E-state index contributed by atoms with van der Waals surface area (Å²) in [5, 5.41) is 5.07. The van der Waals surface area contributed by atoms with E-state index in [4.69, 9.17) is 23.8 Å². The van der Waals surface area contributed by atoms with Crippen LogP contribution in [0.15, 0.2) is 42.5 Å². The maximum atomic E-state index is 13.0. The van der Waals surface area contributed by atoms with E-state index in [0.29, 0.717) is 5.69 Å². The monoisotopic (exact) mass is 326 g/mol. The summed E-state index contributed by atoms with van der Waals surface area (Å²) >= 11 is 10.6. The summed E-state index contributed by atoms with van der Waals surface area (Å²) in [6.45, 7) is 0. The molecule has 0 aromatic heterocycles. The average molecular weight is 327 g/mol. The van der Waals surface area contributed by atoms with Crippen LogP contribution in [-0.4, -0.2) is 11.0 Å². The van der Waals surface area contributed by atoms with Crippen molar-refractivity contribution in [3.05, 3.63) is 64.7 Å². The minimum atomic E-state index is -0.552. The maximum absolute atomic E-state index is 13.0. The first-order valence-corrected chi connectivity index (χ1v) is 6.57. The molecule has 2 rings (SSSR count). The van der Waals surface area contributed by atoms with Crippen molar-refractivity contribution in [1.82, 2.24) is 5.32 Å². The molecule has 0 aliphatic heterocycles. The third-order valence-electron chi connectivity index (χ3n) is 2.51. The molecule has 0 fully saturated rings. The molecule has 0 heterocycles. The molecule has 0 saturated carbocycles. The number of nitrogens with one attached hydrogen (secondary N) is 2. The number of carbonyl (C=O) groups is 1. The van der Waals surface area contributed by atoms with Crippen molar-refractivity contribution in [3.8, 4) is 0 Å². The highest BCUT2D eigenvalue weighted by molar-refractivity contribution is 7.80. The van der Waals surface area contributed by atoms with Gasteiger partial charge in [-0.1, -0.05) is 11.6 Å². The Balaban J connectivity index is 1.99. The zero-order chi connectivity index (χ0) is 15.4. The lowest BCUT2D eigenvalue weighted by Gasteiger charge is -2.10. The Morgan fingerprint density at radius 3 is 2.38 bits per heavy atom. The van der Waals surface area contributed by atoms with Crippen molar-refractivity contribution >= 4 is 40.5 Å².